The van der Waals surface area contributed by atoms with Crippen LogP contribution in [0.4, 0.5) is 0 Å². The van der Waals surface area contributed by atoms with Gasteiger partial charge in [0.2, 0.25) is 0 Å². The van der Waals surface area contributed by atoms with Crippen molar-refractivity contribution in [2.75, 3.05) is 6.61 Å². The van der Waals surface area contributed by atoms with Gasteiger partial charge in [0.1, 0.15) is 6.10 Å². The third-order valence-electron chi connectivity index (χ3n) is 3.13. The number of hydrogen-bond donors (Lipinski definition) is 0. The van der Waals surface area contributed by atoms with Gasteiger partial charge in [-0.05, 0) is 13.0 Å². The van der Waals surface area contributed by atoms with Gasteiger partial charge < -0.3 is 14.2 Å². The lowest BCUT2D eigenvalue weighted by Gasteiger charge is -2.37. The van der Waals surface area contributed by atoms with E-state index < -0.39 is 6.29 Å². The van der Waals surface area contributed by atoms with Crippen LogP contribution in [0.3, 0.4) is 0 Å². The van der Waals surface area contributed by atoms with E-state index in [-0.39, 0.29) is 18.2 Å². The number of fused-ring (bicyclic) bond motifs is 1. The normalized spacial score (nSPS) is 31.3. The molecule has 0 saturated carbocycles. The Hall–Kier alpha value is -1.65. The second-order valence-electron chi connectivity index (χ2n) is 4.47. The van der Waals surface area contributed by atoms with Crippen molar-refractivity contribution in [1.82, 2.24) is 0 Å². The van der Waals surface area contributed by atoms with Crippen LogP contribution in [-0.4, -0.2) is 24.8 Å². The summed E-state index contributed by atoms with van der Waals surface area (Å²) in [4.78, 5) is 11.4. The van der Waals surface area contributed by atoms with Crippen LogP contribution in [0.5, 0.6) is 0 Å². The van der Waals surface area contributed by atoms with Gasteiger partial charge in [-0.25, -0.2) is 4.79 Å². The molecule has 2 aliphatic rings. The first kappa shape index (κ1) is 11.4. The van der Waals surface area contributed by atoms with Crippen LogP contribution < -0.4 is 0 Å². The van der Waals surface area contributed by atoms with Crippen molar-refractivity contribution in [3.63, 3.8) is 0 Å². The molecule has 0 aromatic heterocycles. The lowest BCUT2D eigenvalue weighted by atomic mass is 10.1. The van der Waals surface area contributed by atoms with Gasteiger partial charge in [-0.3, -0.25) is 0 Å². The highest BCUT2D eigenvalue weighted by molar-refractivity contribution is 5.88. The Labute approximate surface area is 105 Å². The van der Waals surface area contributed by atoms with Gasteiger partial charge >= 0.3 is 5.97 Å². The molecule has 1 fully saturated rings. The van der Waals surface area contributed by atoms with E-state index in [1.54, 1.807) is 6.92 Å². The summed E-state index contributed by atoms with van der Waals surface area (Å²) < 4.78 is 16.6. The highest BCUT2D eigenvalue weighted by Gasteiger charge is 2.37. The van der Waals surface area contributed by atoms with E-state index in [0.29, 0.717) is 12.2 Å². The van der Waals surface area contributed by atoms with Crippen molar-refractivity contribution in [3.05, 3.63) is 47.5 Å². The molecule has 1 saturated heterocycles. The summed E-state index contributed by atoms with van der Waals surface area (Å²) in [6.07, 6.45) is 0.866. The Morgan fingerprint density at radius 3 is 2.78 bits per heavy atom. The molecule has 4 heteroatoms. The van der Waals surface area contributed by atoms with E-state index in [0.717, 1.165) is 5.56 Å². The van der Waals surface area contributed by atoms with Gasteiger partial charge in [0.25, 0.3) is 0 Å². The Morgan fingerprint density at radius 2 is 2.00 bits per heavy atom. The van der Waals surface area contributed by atoms with Crippen LogP contribution in [0.2, 0.25) is 0 Å². The summed E-state index contributed by atoms with van der Waals surface area (Å²) >= 11 is 0. The van der Waals surface area contributed by atoms with E-state index in [1.807, 2.05) is 36.4 Å². The van der Waals surface area contributed by atoms with E-state index in [1.165, 1.54) is 0 Å². The predicted molar refractivity (Wildman–Crippen MR) is 63.6 cm³/mol. The molecule has 0 N–H and O–H groups in total. The molecule has 4 nitrogen and oxygen atoms in total. The minimum absolute atomic E-state index is 0.221. The summed E-state index contributed by atoms with van der Waals surface area (Å²) in [6, 6.07) is 9.74. The molecular formula is C14H14O4. The molecule has 2 aliphatic heterocycles. The molecule has 1 aromatic carbocycles. The van der Waals surface area contributed by atoms with Crippen LogP contribution in [-0.2, 0) is 19.0 Å². The first-order valence-electron chi connectivity index (χ1n) is 5.95. The van der Waals surface area contributed by atoms with Gasteiger partial charge in [0.05, 0.1) is 6.61 Å². The molecule has 2 heterocycles. The van der Waals surface area contributed by atoms with Crippen molar-refractivity contribution in [2.24, 2.45) is 0 Å². The maximum Gasteiger partial charge on any atom is 0.333 e. The highest BCUT2D eigenvalue weighted by Crippen LogP contribution is 2.30. The summed E-state index contributed by atoms with van der Waals surface area (Å²) in [5.74, 6) is -0.290. The zero-order valence-corrected chi connectivity index (χ0v) is 10.0. The zero-order chi connectivity index (χ0) is 12.5. The number of hydrogen-bond acceptors (Lipinski definition) is 4. The third kappa shape index (κ3) is 2.05. The van der Waals surface area contributed by atoms with Crippen LogP contribution >= 0.6 is 0 Å². The van der Waals surface area contributed by atoms with Gasteiger partial charge in [-0.1, -0.05) is 30.3 Å². The largest absolute Gasteiger partial charge is 0.453 e. The highest BCUT2D eigenvalue weighted by atomic mass is 16.7. The molecular weight excluding hydrogens is 232 g/mol. The van der Waals surface area contributed by atoms with Crippen molar-refractivity contribution < 1.29 is 19.0 Å². The molecule has 1 aromatic rings. The summed E-state index contributed by atoms with van der Waals surface area (Å²) in [5, 5.41) is 0. The zero-order valence-electron chi connectivity index (χ0n) is 10.0. The third-order valence-corrected chi connectivity index (χ3v) is 3.13. The van der Waals surface area contributed by atoms with Crippen LogP contribution in [0, 0.1) is 0 Å². The molecule has 3 atom stereocenters. The minimum atomic E-state index is -0.395. The Bertz CT molecular complexity index is 480. The fourth-order valence-corrected chi connectivity index (χ4v) is 2.12. The lowest BCUT2D eigenvalue weighted by Crippen LogP contribution is -2.45. The fraction of sp³-hybridized carbons (Fsp3) is 0.357. The number of carbonyl (C=O) groups excluding carboxylic acids is 1. The number of benzene rings is 1. The molecule has 0 spiro atoms. The Kier molecular flexibility index (Phi) is 2.89. The van der Waals surface area contributed by atoms with Crippen LogP contribution in [0.25, 0.3) is 0 Å². The van der Waals surface area contributed by atoms with Crippen molar-refractivity contribution in [3.8, 4) is 0 Å². The van der Waals surface area contributed by atoms with E-state index >= 15 is 0 Å². The second-order valence-corrected chi connectivity index (χ2v) is 4.47. The van der Waals surface area contributed by atoms with Gasteiger partial charge in [0.15, 0.2) is 12.4 Å². The van der Waals surface area contributed by atoms with E-state index in [9.17, 15) is 4.79 Å². The topological polar surface area (TPSA) is 44.8 Å². The Balaban J connectivity index is 1.79. The number of carbonyl (C=O) groups is 1. The van der Waals surface area contributed by atoms with Crippen molar-refractivity contribution in [1.29, 1.82) is 0 Å². The number of ether oxygens (including phenoxy) is 3. The quantitative estimate of drug-likeness (QED) is 0.711. The average molecular weight is 246 g/mol. The van der Waals surface area contributed by atoms with Gasteiger partial charge in [-0.2, -0.15) is 0 Å². The molecule has 0 unspecified atom stereocenters. The monoisotopic (exact) mass is 246 g/mol. The van der Waals surface area contributed by atoms with Gasteiger partial charge in [0, 0.05) is 11.1 Å². The first-order chi connectivity index (χ1) is 8.74. The standard InChI is InChI=1S/C14H14O4/c1-9-7-11-12(17-13(9)15)8-16-14(18-11)10-5-3-2-4-6-10/h2-7,11-12,14H,8H2,1H3/t11-,12+,14+/m0/s1. The maximum absolute atomic E-state index is 11.4. The number of esters is 1. The van der Waals surface area contributed by atoms with Crippen molar-refractivity contribution >= 4 is 5.97 Å². The maximum atomic E-state index is 11.4. The molecule has 0 aliphatic carbocycles. The SMILES string of the molecule is CC1=C[C@@H]2O[C@H](c3ccccc3)OC[C@H]2OC1=O. The molecule has 3 rings (SSSR count). The van der Waals surface area contributed by atoms with E-state index in [4.69, 9.17) is 14.2 Å². The summed E-state index contributed by atoms with van der Waals surface area (Å²) in [5.41, 5.74) is 1.56. The van der Waals surface area contributed by atoms with E-state index in [2.05, 4.69) is 0 Å². The Morgan fingerprint density at radius 1 is 1.22 bits per heavy atom. The average Bonchev–Trinajstić information content (AvgIpc) is 2.41. The summed E-state index contributed by atoms with van der Waals surface area (Å²) in [6.45, 7) is 2.09. The van der Waals surface area contributed by atoms with Crippen LogP contribution in [0.15, 0.2) is 42.0 Å². The first-order valence-corrected chi connectivity index (χ1v) is 5.95. The minimum Gasteiger partial charge on any atom is -0.453 e. The molecule has 0 amide bonds. The van der Waals surface area contributed by atoms with Crippen molar-refractivity contribution in [2.45, 2.75) is 25.4 Å². The smallest absolute Gasteiger partial charge is 0.333 e. The summed E-state index contributed by atoms with van der Waals surface area (Å²) in [7, 11) is 0. The molecule has 0 radical (unpaired) electrons. The van der Waals surface area contributed by atoms with Gasteiger partial charge in [-0.15, -0.1) is 0 Å². The number of rotatable bonds is 1. The fourth-order valence-electron chi connectivity index (χ4n) is 2.12. The second kappa shape index (κ2) is 4.55. The van der Waals surface area contributed by atoms with Crippen LogP contribution in [0.1, 0.15) is 18.8 Å². The predicted octanol–water partition coefficient (Wildman–Crippen LogP) is 1.97. The molecule has 94 valence electrons. The lowest BCUT2D eigenvalue weighted by molar-refractivity contribution is -0.252. The molecule has 18 heavy (non-hydrogen) atoms. The molecule has 0 bridgehead atoms.